The number of thiophene rings is 1. The summed E-state index contributed by atoms with van der Waals surface area (Å²) in [6.45, 7) is 5.63. The quantitative estimate of drug-likeness (QED) is 0.284. The van der Waals surface area contributed by atoms with E-state index in [1.54, 1.807) is 36.6 Å². The SMILES string of the molecule is Cc1ccc(-c2nnn(CC(=O)N(c3cccc(C(F)(F)F)c3)C(C(=O)NCCC(C)C)c3cccs3)n2)o1. The van der Waals surface area contributed by atoms with E-state index in [0.29, 0.717) is 35.3 Å². The molecule has 13 heteroatoms. The minimum absolute atomic E-state index is 0.0887. The lowest BCUT2D eigenvalue weighted by Crippen LogP contribution is -2.45. The molecule has 0 saturated carbocycles. The van der Waals surface area contributed by atoms with Crippen molar-refractivity contribution in [3.05, 3.63) is 70.1 Å². The van der Waals surface area contributed by atoms with Gasteiger partial charge in [-0.15, -0.1) is 21.5 Å². The molecule has 4 rings (SSSR count). The Labute approximate surface area is 226 Å². The first-order valence-corrected chi connectivity index (χ1v) is 13.1. The Kier molecular flexibility index (Phi) is 8.48. The van der Waals surface area contributed by atoms with Gasteiger partial charge in [0.05, 0.1) is 5.56 Å². The number of alkyl halides is 3. The van der Waals surface area contributed by atoms with Gasteiger partial charge in [0, 0.05) is 17.1 Å². The van der Waals surface area contributed by atoms with Crippen LogP contribution in [0.25, 0.3) is 11.6 Å². The summed E-state index contributed by atoms with van der Waals surface area (Å²) < 4.78 is 46.3. The van der Waals surface area contributed by atoms with Crippen LogP contribution in [0.2, 0.25) is 0 Å². The third kappa shape index (κ3) is 6.91. The number of aryl methyl sites for hydroxylation is 1. The maximum absolute atomic E-state index is 13.8. The van der Waals surface area contributed by atoms with Crippen LogP contribution in [0.15, 0.2) is 58.3 Å². The zero-order chi connectivity index (χ0) is 28.2. The molecule has 39 heavy (non-hydrogen) atoms. The summed E-state index contributed by atoms with van der Waals surface area (Å²) in [5.41, 5.74) is -1.04. The maximum Gasteiger partial charge on any atom is 0.416 e. The molecule has 0 spiro atoms. The monoisotopic (exact) mass is 560 g/mol. The molecule has 3 aromatic heterocycles. The highest BCUT2D eigenvalue weighted by Crippen LogP contribution is 2.35. The maximum atomic E-state index is 13.8. The van der Waals surface area contributed by atoms with Crippen LogP contribution in [0.4, 0.5) is 18.9 Å². The van der Waals surface area contributed by atoms with Crippen LogP contribution >= 0.6 is 11.3 Å². The third-order valence-corrected chi connectivity index (χ3v) is 6.68. The summed E-state index contributed by atoms with van der Waals surface area (Å²) in [4.78, 5) is 29.8. The van der Waals surface area contributed by atoms with Gasteiger partial charge in [-0.05, 0) is 66.3 Å². The Morgan fingerprint density at radius 3 is 2.59 bits per heavy atom. The number of aromatic nitrogens is 4. The van der Waals surface area contributed by atoms with Gasteiger partial charge in [-0.25, -0.2) is 0 Å². The zero-order valence-electron chi connectivity index (χ0n) is 21.5. The highest BCUT2D eigenvalue weighted by molar-refractivity contribution is 7.10. The molecular formula is C26H27F3N6O3S. The first-order valence-electron chi connectivity index (χ1n) is 12.2. The molecular weight excluding hydrogens is 533 g/mol. The number of rotatable bonds is 10. The van der Waals surface area contributed by atoms with Gasteiger partial charge in [0.1, 0.15) is 18.3 Å². The van der Waals surface area contributed by atoms with E-state index in [4.69, 9.17) is 4.42 Å². The molecule has 0 aliphatic heterocycles. The van der Waals surface area contributed by atoms with Crippen LogP contribution in [0.5, 0.6) is 0 Å². The van der Waals surface area contributed by atoms with Gasteiger partial charge >= 0.3 is 6.18 Å². The molecule has 2 amide bonds. The molecule has 4 aromatic rings. The predicted octanol–water partition coefficient (Wildman–Crippen LogP) is 5.26. The number of carbonyl (C=O) groups is 2. The number of tetrazole rings is 1. The second-order valence-electron chi connectivity index (χ2n) is 9.26. The second-order valence-corrected chi connectivity index (χ2v) is 10.2. The molecule has 0 bridgehead atoms. The van der Waals surface area contributed by atoms with Crippen molar-refractivity contribution in [3.8, 4) is 11.6 Å². The van der Waals surface area contributed by atoms with Crippen LogP contribution in [-0.2, 0) is 22.3 Å². The van der Waals surface area contributed by atoms with E-state index in [1.165, 1.54) is 23.5 Å². The molecule has 1 aromatic carbocycles. The summed E-state index contributed by atoms with van der Waals surface area (Å²) in [6.07, 6.45) is -3.95. The summed E-state index contributed by atoms with van der Waals surface area (Å²) in [6, 6.07) is 9.85. The Morgan fingerprint density at radius 2 is 1.95 bits per heavy atom. The standard InChI is InChI=1S/C26H27F3N6O3S/c1-16(2)11-12-30-25(37)23(21-8-5-13-39-21)35(19-7-4-6-18(14-19)26(27,28)29)22(36)15-34-32-24(31-33-34)20-10-9-17(3)38-20/h4-10,13-14,16,23H,11-12,15H2,1-3H3,(H,30,37). The summed E-state index contributed by atoms with van der Waals surface area (Å²) in [5.74, 6) is 0.228. The Hall–Kier alpha value is -4.00. The zero-order valence-corrected chi connectivity index (χ0v) is 22.3. The van der Waals surface area contributed by atoms with Gasteiger partial charge in [-0.3, -0.25) is 14.5 Å². The van der Waals surface area contributed by atoms with E-state index < -0.39 is 36.1 Å². The Morgan fingerprint density at radius 1 is 1.15 bits per heavy atom. The highest BCUT2D eigenvalue weighted by atomic mass is 32.1. The van der Waals surface area contributed by atoms with E-state index in [2.05, 4.69) is 20.7 Å². The summed E-state index contributed by atoms with van der Waals surface area (Å²) in [7, 11) is 0. The summed E-state index contributed by atoms with van der Waals surface area (Å²) >= 11 is 1.22. The smallest absolute Gasteiger partial charge is 0.416 e. The summed E-state index contributed by atoms with van der Waals surface area (Å²) in [5, 5.41) is 16.6. The number of hydrogen-bond donors (Lipinski definition) is 1. The van der Waals surface area contributed by atoms with E-state index in [0.717, 1.165) is 21.8 Å². The number of nitrogens with one attached hydrogen (secondary N) is 1. The fraction of sp³-hybridized carbons (Fsp3) is 0.346. The van der Waals surface area contributed by atoms with Crippen molar-refractivity contribution in [2.45, 2.75) is 46.0 Å². The van der Waals surface area contributed by atoms with E-state index >= 15 is 0 Å². The lowest BCUT2D eigenvalue weighted by molar-refractivity contribution is -0.137. The first-order chi connectivity index (χ1) is 18.5. The van der Waals surface area contributed by atoms with Gasteiger partial charge in [-0.2, -0.15) is 18.0 Å². The van der Waals surface area contributed by atoms with Crippen molar-refractivity contribution in [1.29, 1.82) is 0 Å². The normalized spacial score (nSPS) is 12.5. The Bertz CT molecular complexity index is 1410. The number of hydrogen-bond acceptors (Lipinski definition) is 7. The number of benzene rings is 1. The van der Waals surface area contributed by atoms with Crippen LogP contribution in [-0.4, -0.2) is 38.6 Å². The molecule has 0 aliphatic carbocycles. The molecule has 206 valence electrons. The van der Waals surface area contributed by atoms with Crippen molar-refractivity contribution >= 4 is 28.8 Å². The predicted molar refractivity (Wildman–Crippen MR) is 139 cm³/mol. The van der Waals surface area contributed by atoms with E-state index in [-0.39, 0.29) is 11.5 Å². The first kappa shape index (κ1) is 28.0. The van der Waals surface area contributed by atoms with Crippen LogP contribution < -0.4 is 10.2 Å². The molecule has 1 atom stereocenters. The molecule has 1 N–H and O–H groups in total. The number of anilines is 1. The highest BCUT2D eigenvalue weighted by Gasteiger charge is 2.36. The van der Waals surface area contributed by atoms with Gasteiger partial charge in [0.2, 0.25) is 11.7 Å². The van der Waals surface area contributed by atoms with Crippen molar-refractivity contribution < 1.29 is 27.2 Å². The largest absolute Gasteiger partial charge is 0.458 e. The van der Waals surface area contributed by atoms with Crippen molar-refractivity contribution in [2.75, 3.05) is 11.4 Å². The third-order valence-electron chi connectivity index (χ3n) is 5.75. The fourth-order valence-corrected chi connectivity index (χ4v) is 4.64. The number of amides is 2. The molecule has 3 heterocycles. The topological polar surface area (TPSA) is 106 Å². The number of nitrogens with zero attached hydrogens (tertiary/aromatic N) is 5. The minimum Gasteiger partial charge on any atom is -0.458 e. The Balaban J connectivity index is 1.72. The number of carbonyl (C=O) groups excluding carboxylic acids is 2. The average Bonchev–Trinajstić information content (AvgIpc) is 3.64. The lowest BCUT2D eigenvalue weighted by atomic mass is 10.1. The van der Waals surface area contributed by atoms with Crippen LogP contribution in [0, 0.1) is 12.8 Å². The average molecular weight is 561 g/mol. The van der Waals surface area contributed by atoms with Crippen molar-refractivity contribution in [2.24, 2.45) is 5.92 Å². The van der Waals surface area contributed by atoms with E-state index in [9.17, 15) is 22.8 Å². The van der Waals surface area contributed by atoms with Crippen LogP contribution in [0.1, 0.15) is 42.5 Å². The molecule has 1 unspecified atom stereocenters. The second kappa shape index (κ2) is 11.8. The van der Waals surface area contributed by atoms with Gasteiger partial charge < -0.3 is 9.73 Å². The lowest BCUT2D eigenvalue weighted by Gasteiger charge is -2.31. The molecule has 9 nitrogen and oxygen atoms in total. The van der Waals surface area contributed by atoms with Gasteiger partial charge in [0.25, 0.3) is 5.91 Å². The minimum atomic E-state index is -4.65. The van der Waals surface area contributed by atoms with Crippen molar-refractivity contribution in [1.82, 2.24) is 25.5 Å². The van der Waals surface area contributed by atoms with Crippen molar-refractivity contribution in [3.63, 3.8) is 0 Å². The molecule has 0 radical (unpaired) electrons. The number of halogens is 3. The van der Waals surface area contributed by atoms with Gasteiger partial charge in [0.15, 0.2) is 5.76 Å². The number of furan rings is 1. The molecule has 0 aliphatic rings. The van der Waals surface area contributed by atoms with Crippen LogP contribution in [0.3, 0.4) is 0 Å². The molecule has 0 fully saturated rings. The van der Waals surface area contributed by atoms with Gasteiger partial charge in [-0.1, -0.05) is 26.0 Å². The fourth-order valence-electron chi connectivity index (χ4n) is 3.83. The van der Waals surface area contributed by atoms with E-state index in [1.807, 2.05) is 13.8 Å². The molecule has 0 saturated heterocycles.